The maximum absolute atomic E-state index is 4.44. The highest BCUT2D eigenvalue weighted by Crippen LogP contribution is 2.07. The van der Waals surface area contributed by atoms with E-state index in [1.165, 1.54) is 11.5 Å². The standard InChI is InChI=1S/C6H13N2S/c1-7-4-6-5-9-3-2-8-6/h6-7H,2-5H2,1H3. The van der Waals surface area contributed by atoms with Crippen LogP contribution in [0.4, 0.5) is 0 Å². The summed E-state index contributed by atoms with van der Waals surface area (Å²) in [5.74, 6) is 2.43. The lowest BCUT2D eigenvalue weighted by Gasteiger charge is -2.20. The fourth-order valence-electron chi connectivity index (χ4n) is 0.931. The summed E-state index contributed by atoms with van der Waals surface area (Å²) in [6, 6.07) is 0.578. The molecule has 0 aliphatic carbocycles. The van der Waals surface area contributed by atoms with Crippen LogP contribution in [0.1, 0.15) is 0 Å². The minimum Gasteiger partial charge on any atom is -0.318 e. The van der Waals surface area contributed by atoms with Crippen LogP contribution in [0.5, 0.6) is 0 Å². The molecule has 1 unspecified atom stereocenters. The van der Waals surface area contributed by atoms with Crippen molar-refractivity contribution >= 4 is 11.8 Å². The molecule has 1 heterocycles. The van der Waals surface area contributed by atoms with E-state index in [0.717, 1.165) is 13.1 Å². The molecule has 0 spiro atoms. The molecule has 0 amide bonds. The van der Waals surface area contributed by atoms with Gasteiger partial charge in [-0.15, -0.1) is 0 Å². The average molecular weight is 145 g/mol. The van der Waals surface area contributed by atoms with Gasteiger partial charge in [-0.3, -0.25) is 0 Å². The number of nitrogens with zero attached hydrogens (tertiary/aromatic N) is 1. The molecule has 0 aromatic carbocycles. The quantitative estimate of drug-likeness (QED) is 0.588. The van der Waals surface area contributed by atoms with Crippen LogP contribution in [0.25, 0.3) is 0 Å². The lowest BCUT2D eigenvalue weighted by Crippen LogP contribution is -2.38. The van der Waals surface area contributed by atoms with Crippen LogP contribution >= 0.6 is 11.8 Å². The van der Waals surface area contributed by atoms with Gasteiger partial charge in [0, 0.05) is 30.6 Å². The molecule has 1 fully saturated rings. The molecule has 1 atom stereocenters. The van der Waals surface area contributed by atoms with Crippen LogP contribution in [0.3, 0.4) is 0 Å². The molecule has 2 nitrogen and oxygen atoms in total. The number of nitrogens with one attached hydrogen (secondary N) is 1. The van der Waals surface area contributed by atoms with E-state index in [9.17, 15) is 0 Å². The molecular formula is C6H13N2S. The summed E-state index contributed by atoms with van der Waals surface area (Å²) in [4.78, 5) is 0. The van der Waals surface area contributed by atoms with E-state index in [2.05, 4.69) is 10.6 Å². The van der Waals surface area contributed by atoms with Gasteiger partial charge in [0.15, 0.2) is 0 Å². The fourth-order valence-corrected chi connectivity index (χ4v) is 1.83. The minimum absolute atomic E-state index is 0.578. The Bertz CT molecular complexity index is 68.7. The van der Waals surface area contributed by atoms with Crippen LogP contribution in [-0.2, 0) is 0 Å². The molecule has 9 heavy (non-hydrogen) atoms. The van der Waals surface area contributed by atoms with Crippen LogP contribution in [0, 0.1) is 0 Å². The minimum atomic E-state index is 0.578. The molecule has 53 valence electrons. The second kappa shape index (κ2) is 4.14. The van der Waals surface area contributed by atoms with Crippen molar-refractivity contribution in [2.45, 2.75) is 6.04 Å². The van der Waals surface area contributed by atoms with Crippen molar-refractivity contribution in [2.24, 2.45) is 0 Å². The Hall–Kier alpha value is 0.270. The largest absolute Gasteiger partial charge is 0.318 e. The molecule has 1 N–H and O–H groups in total. The number of hydrogen-bond donors (Lipinski definition) is 1. The Morgan fingerprint density at radius 3 is 3.22 bits per heavy atom. The lowest BCUT2D eigenvalue weighted by molar-refractivity contribution is 0.528. The SMILES string of the molecule is CNCC1CSCC[N]1. The van der Waals surface area contributed by atoms with Crippen LogP contribution in [0.15, 0.2) is 0 Å². The van der Waals surface area contributed by atoms with Crippen molar-refractivity contribution in [2.75, 3.05) is 31.6 Å². The topological polar surface area (TPSA) is 26.1 Å². The molecule has 1 radical (unpaired) electrons. The summed E-state index contributed by atoms with van der Waals surface area (Å²) in [6.07, 6.45) is 0. The predicted molar refractivity (Wildman–Crippen MR) is 42.0 cm³/mol. The van der Waals surface area contributed by atoms with Gasteiger partial charge in [-0.25, -0.2) is 5.32 Å². The van der Waals surface area contributed by atoms with E-state index in [0.29, 0.717) is 6.04 Å². The molecule has 1 rings (SSSR count). The zero-order valence-corrected chi connectivity index (χ0v) is 6.58. The third kappa shape index (κ3) is 2.56. The molecule has 1 aliphatic heterocycles. The van der Waals surface area contributed by atoms with Crippen molar-refractivity contribution < 1.29 is 0 Å². The first-order valence-electron chi connectivity index (χ1n) is 3.32. The van der Waals surface area contributed by atoms with Gasteiger partial charge in [0.1, 0.15) is 0 Å². The van der Waals surface area contributed by atoms with Gasteiger partial charge in [-0.1, -0.05) is 0 Å². The molecule has 0 saturated carbocycles. The summed E-state index contributed by atoms with van der Waals surface area (Å²) < 4.78 is 0. The normalized spacial score (nSPS) is 28.3. The zero-order valence-electron chi connectivity index (χ0n) is 5.76. The van der Waals surface area contributed by atoms with E-state index >= 15 is 0 Å². The van der Waals surface area contributed by atoms with Crippen LogP contribution in [0.2, 0.25) is 0 Å². The summed E-state index contributed by atoms with van der Waals surface area (Å²) in [6.45, 7) is 2.10. The third-order valence-electron chi connectivity index (χ3n) is 1.37. The van der Waals surface area contributed by atoms with Crippen molar-refractivity contribution in [3.05, 3.63) is 0 Å². The summed E-state index contributed by atoms with van der Waals surface area (Å²) in [5.41, 5.74) is 0. The maximum atomic E-state index is 4.44. The first kappa shape index (κ1) is 7.38. The summed E-state index contributed by atoms with van der Waals surface area (Å²) in [7, 11) is 1.98. The average Bonchev–Trinajstić information content (AvgIpc) is 1.91. The number of rotatable bonds is 2. The van der Waals surface area contributed by atoms with Crippen molar-refractivity contribution in [1.82, 2.24) is 10.6 Å². The van der Waals surface area contributed by atoms with Crippen molar-refractivity contribution in [3.8, 4) is 0 Å². The molecule has 0 aromatic heterocycles. The van der Waals surface area contributed by atoms with E-state index in [-0.39, 0.29) is 0 Å². The maximum Gasteiger partial charge on any atom is 0.0461 e. The van der Waals surface area contributed by atoms with Gasteiger partial charge in [-0.05, 0) is 7.05 Å². The number of thioether (sulfide) groups is 1. The smallest absolute Gasteiger partial charge is 0.0461 e. The van der Waals surface area contributed by atoms with E-state index in [1.807, 2.05) is 18.8 Å². The molecular weight excluding hydrogens is 132 g/mol. The predicted octanol–water partition coefficient (Wildman–Crippen LogP) is -0.0744. The third-order valence-corrected chi connectivity index (χ3v) is 2.46. The first-order valence-corrected chi connectivity index (χ1v) is 4.48. The van der Waals surface area contributed by atoms with Crippen molar-refractivity contribution in [3.63, 3.8) is 0 Å². The Morgan fingerprint density at radius 2 is 2.67 bits per heavy atom. The Kier molecular flexibility index (Phi) is 3.40. The Balaban J connectivity index is 2.08. The highest BCUT2D eigenvalue weighted by molar-refractivity contribution is 7.99. The van der Waals surface area contributed by atoms with E-state index in [1.54, 1.807) is 0 Å². The zero-order chi connectivity index (χ0) is 6.53. The van der Waals surface area contributed by atoms with Gasteiger partial charge in [-0.2, -0.15) is 11.8 Å². The second-order valence-corrected chi connectivity index (χ2v) is 3.34. The van der Waals surface area contributed by atoms with Gasteiger partial charge in [0.25, 0.3) is 0 Å². The lowest BCUT2D eigenvalue weighted by atomic mass is 10.3. The highest BCUT2D eigenvalue weighted by Gasteiger charge is 2.11. The molecule has 0 aromatic rings. The van der Waals surface area contributed by atoms with E-state index in [4.69, 9.17) is 0 Å². The molecule has 0 bridgehead atoms. The summed E-state index contributed by atoms with van der Waals surface area (Å²) in [5, 5.41) is 7.57. The van der Waals surface area contributed by atoms with Gasteiger partial charge in [0.2, 0.25) is 0 Å². The van der Waals surface area contributed by atoms with Gasteiger partial charge < -0.3 is 5.32 Å². The van der Waals surface area contributed by atoms with Crippen LogP contribution in [-0.4, -0.2) is 37.7 Å². The Labute approximate surface area is 60.8 Å². The van der Waals surface area contributed by atoms with E-state index < -0.39 is 0 Å². The molecule has 3 heteroatoms. The number of likely N-dealkylation sites (N-methyl/N-ethyl adjacent to an activating group) is 1. The number of hydrogen-bond acceptors (Lipinski definition) is 2. The van der Waals surface area contributed by atoms with Crippen molar-refractivity contribution in [1.29, 1.82) is 0 Å². The second-order valence-electron chi connectivity index (χ2n) is 2.19. The van der Waals surface area contributed by atoms with Gasteiger partial charge >= 0.3 is 0 Å². The van der Waals surface area contributed by atoms with Gasteiger partial charge in [0.05, 0.1) is 0 Å². The first-order chi connectivity index (χ1) is 4.43. The Morgan fingerprint density at radius 1 is 1.78 bits per heavy atom. The highest BCUT2D eigenvalue weighted by atomic mass is 32.2. The monoisotopic (exact) mass is 145 g/mol. The molecule has 1 aliphatic rings. The fraction of sp³-hybridized carbons (Fsp3) is 1.00. The van der Waals surface area contributed by atoms with Crippen LogP contribution < -0.4 is 10.6 Å². The molecule has 1 saturated heterocycles. The summed E-state index contributed by atoms with van der Waals surface area (Å²) >= 11 is 2.01.